The summed E-state index contributed by atoms with van der Waals surface area (Å²) in [4.78, 5) is 31.5. The number of carbonyl (C=O) groups excluding carboxylic acids is 2. The van der Waals surface area contributed by atoms with Crippen LogP contribution < -0.4 is 11.1 Å². The van der Waals surface area contributed by atoms with E-state index in [-0.39, 0.29) is 29.1 Å². The van der Waals surface area contributed by atoms with Crippen LogP contribution >= 0.6 is 11.6 Å². The van der Waals surface area contributed by atoms with Crippen molar-refractivity contribution < 1.29 is 9.59 Å². The molecule has 114 valence electrons. The molecule has 6 nitrogen and oxygen atoms in total. The number of nitrogens with zero attached hydrogens (tertiary/aromatic N) is 2. The van der Waals surface area contributed by atoms with Crippen molar-refractivity contribution >= 4 is 29.1 Å². The Morgan fingerprint density at radius 2 is 2.09 bits per heavy atom. The van der Waals surface area contributed by atoms with Gasteiger partial charge in [0.1, 0.15) is 5.82 Å². The number of nitrogen functional groups attached to an aromatic ring is 1. The summed E-state index contributed by atoms with van der Waals surface area (Å²) in [5.41, 5.74) is 7.68. The SMILES string of the molecule is CC(=O)c1ccc(CNC(=O)c2cnc(N)c(Cl)c2)nc1C. The van der Waals surface area contributed by atoms with Crippen LogP contribution in [0.5, 0.6) is 0 Å². The molecule has 0 spiro atoms. The van der Waals surface area contributed by atoms with Gasteiger partial charge in [-0.05, 0) is 32.0 Å². The van der Waals surface area contributed by atoms with Crippen LogP contribution in [0.15, 0.2) is 24.4 Å². The Balaban J connectivity index is 2.06. The summed E-state index contributed by atoms with van der Waals surface area (Å²) in [5, 5.41) is 2.94. The molecule has 2 rings (SSSR count). The first-order valence-corrected chi connectivity index (χ1v) is 6.93. The summed E-state index contributed by atoms with van der Waals surface area (Å²) in [6, 6.07) is 4.86. The molecule has 0 aliphatic rings. The van der Waals surface area contributed by atoms with Gasteiger partial charge in [-0.25, -0.2) is 4.98 Å². The van der Waals surface area contributed by atoms with E-state index in [1.807, 2.05) is 0 Å². The van der Waals surface area contributed by atoms with Crippen molar-refractivity contribution in [3.05, 3.63) is 51.9 Å². The fraction of sp³-hybridized carbons (Fsp3) is 0.200. The number of nitrogens with one attached hydrogen (secondary N) is 1. The van der Waals surface area contributed by atoms with Gasteiger partial charge in [0, 0.05) is 17.5 Å². The molecule has 0 aliphatic heterocycles. The third-order valence-electron chi connectivity index (χ3n) is 3.08. The number of halogens is 1. The van der Waals surface area contributed by atoms with E-state index < -0.39 is 0 Å². The topological polar surface area (TPSA) is 98.0 Å². The van der Waals surface area contributed by atoms with Gasteiger partial charge in [0.25, 0.3) is 5.91 Å². The second-order valence-electron chi connectivity index (χ2n) is 4.77. The maximum atomic E-state index is 12.0. The molecule has 0 bridgehead atoms. The molecular weight excluding hydrogens is 304 g/mol. The quantitative estimate of drug-likeness (QED) is 0.842. The van der Waals surface area contributed by atoms with Gasteiger partial charge in [0.15, 0.2) is 5.78 Å². The Bertz CT molecular complexity index is 746. The fourth-order valence-electron chi connectivity index (χ4n) is 1.93. The van der Waals surface area contributed by atoms with Crippen LogP contribution in [0.2, 0.25) is 5.02 Å². The van der Waals surface area contributed by atoms with E-state index in [0.717, 1.165) is 0 Å². The summed E-state index contributed by atoms with van der Waals surface area (Å²) < 4.78 is 0. The van der Waals surface area contributed by atoms with Crippen LogP contribution in [0, 0.1) is 6.92 Å². The summed E-state index contributed by atoms with van der Waals surface area (Å²) in [5.74, 6) is -0.192. The van der Waals surface area contributed by atoms with E-state index in [4.69, 9.17) is 17.3 Å². The fourth-order valence-corrected chi connectivity index (χ4v) is 2.10. The molecule has 2 heterocycles. The van der Waals surface area contributed by atoms with Crippen LogP contribution in [0.1, 0.15) is 39.0 Å². The van der Waals surface area contributed by atoms with E-state index >= 15 is 0 Å². The maximum absolute atomic E-state index is 12.0. The number of rotatable bonds is 4. The molecular formula is C15H15ClN4O2. The van der Waals surface area contributed by atoms with E-state index in [1.165, 1.54) is 19.2 Å². The lowest BCUT2D eigenvalue weighted by Gasteiger charge is -2.08. The van der Waals surface area contributed by atoms with Crippen molar-refractivity contribution in [1.29, 1.82) is 0 Å². The minimum atomic E-state index is -0.329. The van der Waals surface area contributed by atoms with Crippen molar-refractivity contribution in [1.82, 2.24) is 15.3 Å². The van der Waals surface area contributed by atoms with Gasteiger partial charge in [-0.2, -0.15) is 0 Å². The molecule has 0 atom stereocenters. The molecule has 0 saturated heterocycles. The molecule has 3 N–H and O–H groups in total. The molecule has 0 unspecified atom stereocenters. The Kier molecular flexibility index (Phi) is 4.72. The van der Waals surface area contributed by atoms with E-state index in [1.54, 1.807) is 19.1 Å². The second kappa shape index (κ2) is 6.53. The van der Waals surface area contributed by atoms with E-state index in [2.05, 4.69) is 15.3 Å². The van der Waals surface area contributed by atoms with Crippen LogP contribution in [0.3, 0.4) is 0 Å². The average Bonchev–Trinajstić information content (AvgIpc) is 2.47. The molecule has 22 heavy (non-hydrogen) atoms. The van der Waals surface area contributed by atoms with Gasteiger partial charge in [-0.1, -0.05) is 11.6 Å². The normalized spacial score (nSPS) is 10.3. The molecule has 2 aromatic rings. The predicted octanol–water partition coefficient (Wildman–Crippen LogP) is 2.15. The molecule has 0 aromatic carbocycles. The Morgan fingerprint density at radius 3 is 2.68 bits per heavy atom. The van der Waals surface area contributed by atoms with Gasteiger partial charge in [0.05, 0.1) is 22.8 Å². The van der Waals surface area contributed by atoms with Crippen LogP contribution in [0.4, 0.5) is 5.82 Å². The van der Waals surface area contributed by atoms with Gasteiger partial charge in [-0.15, -0.1) is 0 Å². The number of amides is 1. The first-order chi connectivity index (χ1) is 10.4. The Labute approximate surface area is 132 Å². The molecule has 1 amide bonds. The monoisotopic (exact) mass is 318 g/mol. The number of hydrogen-bond donors (Lipinski definition) is 2. The zero-order valence-electron chi connectivity index (χ0n) is 12.2. The minimum Gasteiger partial charge on any atom is -0.382 e. The zero-order valence-corrected chi connectivity index (χ0v) is 12.9. The highest BCUT2D eigenvalue weighted by molar-refractivity contribution is 6.33. The Morgan fingerprint density at radius 1 is 1.36 bits per heavy atom. The smallest absolute Gasteiger partial charge is 0.253 e. The van der Waals surface area contributed by atoms with Crippen molar-refractivity contribution in [3.63, 3.8) is 0 Å². The zero-order chi connectivity index (χ0) is 16.3. The van der Waals surface area contributed by atoms with Gasteiger partial charge in [-0.3, -0.25) is 14.6 Å². The number of hydrogen-bond acceptors (Lipinski definition) is 5. The summed E-state index contributed by atoms with van der Waals surface area (Å²) >= 11 is 5.83. The number of Topliss-reactive ketones (excluding diaryl/α,β-unsaturated/α-hetero) is 1. The highest BCUT2D eigenvalue weighted by Crippen LogP contribution is 2.16. The summed E-state index contributed by atoms with van der Waals surface area (Å²) in [6.45, 7) is 3.48. The standard InChI is InChI=1S/C15H15ClN4O2/c1-8-12(9(2)21)4-3-11(20-8)7-19-15(22)10-5-13(16)14(17)18-6-10/h3-6H,7H2,1-2H3,(H2,17,18)(H,19,22). The lowest BCUT2D eigenvalue weighted by atomic mass is 10.1. The number of aromatic nitrogens is 2. The van der Waals surface area contributed by atoms with Crippen molar-refractivity contribution in [2.45, 2.75) is 20.4 Å². The third-order valence-corrected chi connectivity index (χ3v) is 3.39. The molecule has 2 aromatic heterocycles. The number of nitrogens with two attached hydrogens (primary N) is 1. The number of anilines is 1. The lowest BCUT2D eigenvalue weighted by molar-refractivity contribution is 0.0948. The summed E-state index contributed by atoms with van der Waals surface area (Å²) in [7, 11) is 0. The molecule has 0 saturated carbocycles. The van der Waals surface area contributed by atoms with Gasteiger partial charge >= 0.3 is 0 Å². The molecule has 0 radical (unpaired) electrons. The van der Waals surface area contributed by atoms with Crippen molar-refractivity contribution in [3.8, 4) is 0 Å². The number of ketones is 1. The number of aryl methyl sites for hydroxylation is 1. The van der Waals surface area contributed by atoms with Gasteiger partial charge in [0.2, 0.25) is 0 Å². The Hall–Kier alpha value is -2.47. The molecule has 0 fully saturated rings. The predicted molar refractivity (Wildman–Crippen MR) is 83.8 cm³/mol. The average molecular weight is 319 g/mol. The highest BCUT2D eigenvalue weighted by atomic mass is 35.5. The maximum Gasteiger partial charge on any atom is 0.253 e. The lowest BCUT2D eigenvalue weighted by Crippen LogP contribution is -2.23. The minimum absolute atomic E-state index is 0.0387. The summed E-state index contributed by atoms with van der Waals surface area (Å²) in [6.07, 6.45) is 1.36. The molecule has 7 heteroatoms. The number of pyridine rings is 2. The highest BCUT2D eigenvalue weighted by Gasteiger charge is 2.10. The van der Waals surface area contributed by atoms with Crippen molar-refractivity contribution in [2.24, 2.45) is 0 Å². The van der Waals surface area contributed by atoms with Crippen LogP contribution in [-0.4, -0.2) is 21.7 Å². The van der Waals surface area contributed by atoms with E-state index in [0.29, 0.717) is 22.5 Å². The first-order valence-electron chi connectivity index (χ1n) is 6.55. The largest absolute Gasteiger partial charge is 0.382 e. The van der Waals surface area contributed by atoms with Crippen LogP contribution in [0.25, 0.3) is 0 Å². The van der Waals surface area contributed by atoms with Gasteiger partial charge < -0.3 is 11.1 Å². The van der Waals surface area contributed by atoms with Crippen molar-refractivity contribution in [2.75, 3.05) is 5.73 Å². The van der Waals surface area contributed by atoms with Crippen LogP contribution in [-0.2, 0) is 6.54 Å². The first kappa shape index (κ1) is 15.9. The second-order valence-corrected chi connectivity index (χ2v) is 5.17. The van der Waals surface area contributed by atoms with E-state index in [9.17, 15) is 9.59 Å². The number of carbonyl (C=O) groups is 2. The molecule has 0 aliphatic carbocycles. The third kappa shape index (κ3) is 3.59.